The standard InChI is InChI=1S/C13H16N2O3/c16-12(11-4-2-1-3-5-11)10-14-13(17)15-6-8-18-9-7-15/h1-5H,6-10H2,(H,14,17). The zero-order valence-electron chi connectivity index (χ0n) is 10.1. The molecule has 0 radical (unpaired) electrons. The highest BCUT2D eigenvalue weighted by molar-refractivity contribution is 5.99. The Balaban J connectivity index is 1.80. The SMILES string of the molecule is O=C(CNC(=O)N1CCOCC1)c1ccccc1. The number of nitrogens with zero attached hydrogens (tertiary/aromatic N) is 1. The predicted octanol–water partition coefficient (Wildman–Crippen LogP) is 0.911. The molecular formula is C13H16N2O3. The Morgan fingerprint density at radius 1 is 1.17 bits per heavy atom. The summed E-state index contributed by atoms with van der Waals surface area (Å²) in [5.41, 5.74) is 0.611. The van der Waals surface area contributed by atoms with E-state index in [0.717, 1.165) is 0 Å². The van der Waals surface area contributed by atoms with Crippen LogP contribution in [0.5, 0.6) is 0 Å². The quantitative estimate of drug-likeness (QED) is 0.809. The average Bonchev–Trinajstić information content (AvgIpc) is 2.46. The third-order valence-electron chi connectivity index (χ3n) is 2.79. The first kappa shape index (κ1) is 12.6. The molecule has 1 N–H and O–H groups in total. The third-order valence-corrected chi connectivity index (χ3v) is 2.79. The van der Waals surface area contributed by atoms with Crippen molar-refractivity contribution in [2.24, 2.45) is 0 Å². The predicted molar refractivity (Wildman–Crippen MR) is 66.6 cm³/mol. The maximum absolute atomic E-state index is 11.8. The zero-order chi connectivity index (χ0) is 12.8. The number of carbonyl (C=O) groups is 2. The summed E-state index contributed by atoms with van der Waals surface area (Å²) in [6, 6.07) is 8.73. The molecule has 18 heavy (non-hydrogen) atoms. The lowest BCUT2D eigenvalue weighted by Crippen LogP contribution is -2.47. The van der Waals surface area contributed by atoms with Crippen molar-refractivity contribution in [1.82, 2.24) is 10.2 Å². The molecule has 0 saturated carbocycles. The van der Waals surface area contributed by atoms with Crippen LogP contribution < -0.4 is 5.32 Å². The molecule has 96 valence electrons. The van der Waals surface area contributed by atoms with Crippen LogP contribution in [0.2, 0.25) is 0 Å². The van der Waals surface area contributed by atoms with Gasteiger partial charge in [-0.2, -0.15) is 0 Å². The average molecular weight is 248 g/mol. The smallest absolute Gasteiger partial charge is 0.317 e. The largest absolute Gasteiger partial charge is 0.378 e. The summed E-state index contributed by atoms with van der Waals surface area (Å²) in [5, 5.41) is 2.63. The highest BCUT2D eigenvalue weighted by atomic mass is 16.5. The topological polar surface area (TPSA) is 58.6 Å². The number of benzene rings is 1. The van der Waals surface area contributed by atoms with E-state index in [-0.39, 0.29) is 18.4 Å². The fourth-order valence-electron chi connectivity index (χ4n) is 1.76. The van der Waals surface area contributed by atoms with Crippen molar-refractivity contribution < 1.29 is 14.3 Å². The van der Waals surface area contributed by atoms with E-state index in [4.69, 9.17) is 4.74 Å². The minimum absolute atomic E-state index is 0.0280. The van der Waals surface area contributed by atoms with Crippen molar-refractivity contribution in [3.8, 4) is 0 Å². The van der Waals surface area contributed by atoms with Gasteiger partial charge in [-0.15, -0.1) is 0 Å². The van der Waals surface area contributed by atoms with Gasteiger partial charge in [0.2, 0.25) is 0 Å². The molecule has 1 heterocycles. The molecule has 0 bridgehead atoms. The van der Waals surface area contributed by atoms with Crippen molar-refractivity contribution >= 4 is 11.8 Å². The lowest BCUT2D eigenvalue weighted by molar-refractivity contribution is 0.0531. The van der Waals surface area contributed by atoms with Gasteiger partial charge in [-0.1, -0.05) is 30.3 Å². The fourth-order valence-corrected chi connectivity index (χ4v) is 1.76. The number of amides is 2. The lowest BCUT2D eigenvalue weighted by Gasteiger charge is -2.26. The Morgan fingerprint density at radius 3 is 2.50 bits per heavy atom. The summed E-state index contributed by atoms with van der Waals surface area (Å²) in [6.45, 7) is 2.29. The molecule has 1 aliphatic rings. The maximum atomic E-state index is 11.8. The fraction of sp³-hybridized carbons (Fsp3) is 0.385. The van der Waals surface area contributed by atoms with Gasteiger partial charge in [0, 0.05) is 18.7 Å². The van der Waals surface area contributed by atoms with Gasteiger partial charge in [0.25, 0.3) is 0 Å². The normalized spacial score (nSPS) is 15.2. The molecule has 0 unspecified atom stereocenters. The van der Waals surface area contributed by atoms with Gasteiger partial charge in [-0.3, -0.25) is 4.79 Å². The molecule has 1 fully saturated rings. The molecule has 2 amide bonds. The number of ether oxygens (including phenoxy) is 1. The summed E-state index contributed by atoms with van der Waals surface area (Å²) < 4.78 is 5.16. The van der Waals surface area contributed by atoms with E-state index in [9.17, 15) is 9.59 Å². The molecular weight excluding hydrogens is 232 g/mol. The number of ketones is 1. The van der Waals surface area contributed by atoms with Crippen LogP contribution >= 0.6 is 0 Å². The van der Waals surface area contributed by atoms with E-state index in [2.05, 4.69) is 5.32 Å². The molecule has 0 aliphatic carbocycles. The van der Waals surface area contributed by atoms with Crippen molar-refractivity contribution in [1.29, 1.82) is 0 Å². The molecule has 0 spiro atoms. The van der Waals surface area contributed by atoms with Crippen molar-refractivity contribution in [2.45, 2.75) is 0 Å². The summed E-state index contributed by atoms with van der Waals surface area (Å²) >= 11 is 0. The first-order valence-corrected chi connectivity index (χ1v) is 5.96. The van der Waals surface area contributed by atoms with Crippen LogP contribution in [0, 0.1) is 0 Å². The Hall–Kier alpha value is -1.88. The Morgan fingerprint density at radius 2 is 1.83 bits per heavy atom. The number of morpholine rings is 1. The Kier molecular flexibility index (Phi) is 4.30. The number of hydrogen-bond acceptors (Lipinski definition) is 3. The summed E-state index contributed by atoms with van der Waals surface area (Å²) in [7, 11) is 0. The van der Waals surface area contributed by atoms with Crippen LogP contribution in [0.4, 0.5) is 4.79 Å². The van der Waals surface area contributed by atoms with E-state index >= 15 is 0 Å². The van der Waals surface area contributed by atoms with Crippen LogP contribution in [0.3, 0.4) is 0 Å². The summed E-state index contributed by atoms with van der Waals surface area (Å²) in [6.07, 6.45) is 0. The van der Waals surface area contributed by atoms with E-state index < -0.39 is 0 Å². The minimum Gasteiger partial charge on any atom is -0.378 e. The first-order valence-electron chi connectivity index (χ1n) is 5.96. The van der Waals surface area contributed by atoms with Crippen LogP contribution in [-0.4, -0.2) is 49.6 Å². The van der Waals surface area contributed by atoms with Crippen LogP contribution in [0.25, 0.3) is 0 Å². The monoisotopic (exact) mass is 248 g/mol. The minimum atomic E-state index is -0.206. The highest BCUT2D eigenvalue weighted by Gasteiger charge is 2.17. The number of nitrogens with one attached hydrogen (secondary N) is 1. The second kappa shape index (κ2) is 6.16. The van der Waals surface area contributed by atoms with Crippen molar-refractivity contribution in [2.75, 3.05) is 32.8 Å². The molecule has 0 atom stereocenters. The van der Waals surface area contributed by atoms with Crippen LogP contribution in [0.1, 0.15) is 10.4 Å². The van der Waals surface area contributed by atoms with Gasteiger partial charge in [-0.25, -0.2) is 4.79 Å². The molecule has 5 nitrogen and oxygen atoms in total. The Bertz CT molecular complexity index is 414. The third kappa shape index (κ3) is 3.30. The van der Waals surface area contributed by atoms with E-state index in [1.54, 1.807) is 29.2 Å². The van der Waals surface area contributed by atoms with E-state index in [1.165, 1.54) is 0 Å². The van der Waals surface area contributed by atoms with Crippen LogP contribution in [-0.2, 0) is 4.74 Å². The molecule has 1 aromatic rings. The number of urea groups is 1. The summed E-state index contributed by atoms with van der Waals surface area (Å²) in [5.74, 6) is -0.0859. The zero-order valence-corrected chi connectivity index (χ0v) is 10.1. The molecule has 1 aliphatic heterocycles. The van der Waals surface area contributed by atoms with E-state index in [0.29, 0.717) is 31.9 Å². The lowest BCUT2D eigenvalue weighted by atomic mass is 10.1. The number of rotatable bonds is 3. The molecule has 1 aromatic carbocycles. The molecule has 5 heteroatoms. The van der Waals surface area contributed by atoms with Gasteiger partial charge in [-0.05, 0) is 0 Å². The van der Waals surface area contributed by atoms with Gasteiger partial charge in [0.1, 0.15) is 0 Å². The molecule has 1 saturated heterocycles. The number of carbonyl (C=O) groups excluding carboxylic acids is 2. The van der Waals surface area contributed by atoms with Crippen LogP contribution in [0.15, 0.2) is 30.3 Å². The van der Waals surface area contributed by atoms with Crippen molar-refractivity contribution in [3.63, 3.8) is 0 Å². The number of hydrogen-bond donors (Lipinski definition) is 1. The van der Waals surface area contributed by atoms with Gasteiger partial charge >= 0.3 is 6.03 Å². The second-order valence-electron chi connectivity index (χ2n) is 4.05. The molecule has 2 rings (SSSR count). The van der Waals surface area contributed by atoms with Gasteiger partial charge < -0.3 is 15.0 Å². The van der Waals surface area contributed by atoms with Crippen molar-refractivity contribution in [3.05, 3.63) is 35.9 Å². The number of Topliss-reactive ketones (excluding diaryl/α,β-unsaturated/α-hetero) is 1. The first-order chi connectivity index (χ1) is 8.77. The van der Waals surface area contributed by atoms with Gasteiger partial charge in [0.05, 0.1) is 19.8 Å². The Labute approximate surface area is 106 Å². The molecule has 0 aromatic heterocycles. The maximum Gasteiger partial charge on any atom is 0.317 e. The summed E-state index contributed by atoms with van der Waals surface area (Å²) in [4.78, 5) is 25.2. The highest BCUT2D eigenvalue weighted by Crippen LogP contribution is 2.00. The van der Waals surface area contributed by atoms with Gasteiger partial charge in [0.15, 0.2) is 5.78 Å². The second-order valence-corrected chi connectivity index (χ2v) is 4.05. The van der Waals surface area contributed by atoms with E-state index in [1.807, 2.05) is 6.07 Å².